The lowest BCUT2D eigenvalue weighted by Gasteiger charge is -2.23. The molecule has 1 aromatic carbocycles. The van der Waals surface area contributed by atoms with Crippen LogP contribution in [0.25, 0.3) is 0 Å². The smallest absolute Gasteiger partial charge is 0.224 e. The molecule has 0 aliphatic carbocycles. The summed E-state index contributed by atoms with van der Waals surface area (Å²) in [5.74, 6) is 1.62. The van der Waals surface area contributed by atoms with E-state index >= 15 is 0 Å². The van der Waals surface area contributed by atoms with E-state index < -0.39 is 0 Å². The van der Waals surface area contributed by atoms with E-state index in [1.54, 1.807) is 0 Å². The Balaban J connectivity index is 2.38. The summed E-state index contributed by atoms with van der Waals surface area (Å²) in [4.78, 5) is 11.2. The average Bonchev–Trinajstić information content (AvgIpc) is 2.41. The van der Waals surface area contributed by atoms with Gasteiger partial charge in [0.15, 0.2) is 0 Å². The lowest BCUT2D eigenvalue weighted by molar-refractivity contribution is 0.959. The Bertz CT molecular complexity index is 563. The summed E-state index contributed by atoms with van der Waals surface area (Å²) in [6.45, 7) is 9.95. The van der Waals surface area contributed by atoms with Crippen molar-refractivity contribution < 1.29 is 0 Å². The average molecular weight is 270 g/mol. The number of anilines is 3. The first kappa shape index (κ1) is 14.3. The molecule has 0 radical (unpaired) electrons. The number of hydrogen-bond acceptors (Lipinski definition) is 4. The van der Waals surface area contributed by atoms with Gasteiger partial charge in [-0.3, -0.25) is 0 Å². The maximum atomic E-state index is 4.60. The molecule has 20 heavy (non-hydrogen) atoms. The topological polar surface area (TPSA) is 41.1 Å². The molecule has 0 aliphatic rings. The third kappa shape index (κ3) is 3.26. The van der Waals surface area contributed by atoms with Crippen molar-refractivity contribution in [3.05, 3.63) is 41.6 Å². The van der Waals surface area contributed by atoms with Crippen molar-refractivity contribution >= 4 is 17.5 Å². The van der Waals surface area contributed by atoms with Crippen LogP contribution in [0.4, 0.5) is 17.5 Å². The molecule has 0 aliphatic heterocycles. The molecule has 0 bridgehead atoms. The Morgan fingerprint density at radius 1 is 1.05 bits per heavy atom. The second-order valence-electron chi connectivity index (χ2n) is 4.80. The number of nitrogens with one attached hydrogen (secondary N) is 1. The monoisotopic (exact) mass is 270 g/mol. The second kappa shape index (κ2) is 6.37. The molecule has 0 saturated carbocycles. The summed E-state index contributed by atoms with van der Waals surface area (Å²) in [7, 11) is 0. The van der Waals surface area contributed by atoms with Gasteiger partial charge in [0.05, 0.1) is 0 Å². The fourth-order valence-electron chi connectivity index (χ4n) is 2.13. The molecule has 0 spiro atoms. The van der Waals surface area contributed by atoms with Gasteiger partial charge in [-0.2, -0.15) is 4.98 Å². The minimum Gasteiger partial charge on any atom is -0.354 e. The van der Waals surface area contributed by atoms with Crippen molar-refractivity contribution in [3.63, 3.8) is 0 Å². The van der Waals surface area contributed by atoms with Crippen LogP contribution in [0.15, 0.2) is 30.3 Å². The molecule has 0 atom stereocenters. The predicted octanol–water partition coefficient (Wildman–Crippen LogP) is 3.68. The van der Waals surface area contributed by atoms with Gasteiger partial charge in [0, 0.05) is 30.5 Å². The van der Waals surface area contributed by atoms with Crippen LogP contribution in [-0.4, -0.2) is 23.1 Å². The summed E-state index contributed by atoms with van der Waals surface area (Å²) >= 11 is 0. The lowest BCUT2D eigenvalue weighted by atomic mass is 10.2. The van der Waals surface area contributed by atoms with Crippen LogP contribution in [0, 0.1) is 13.8 Å². The van der Waals surface area contributed by atoms with Crippen molar-refractivity contribution in [2.75, 3.05) is 23.3 Å². The maximum Gasteiger partial charge on any atom is 0.224 e. The first-order valence-electron chi connectivity index (χ1n) is 7.07. The Labute approximate surface area is 120 Å². The molecule has 1 aromatic heterocycles. The highest BCUT2D eigenvalue weighted by atomic mass is 15.2. The largest absolute Gasteiger partial charge is 0.354 e. The highest BCUT2D eigenvalue weighted by Gasteiger charge is 2.10. The van der Waals surface area contributed by atoms with Crippen LogP contribution in [0.2, 0.25) is 0 Å². The first-order valence-corrected chi connectivity index (χ1v) is 7.07. The van der Waals surface area contributed by atoms with E-state index in [-0.39, 0.29) is 0 Å². The third-order valence-electron chi connectivity index (χ3n) is 3.11. The molecule has 0 fully saturated rings. The zero-order valence-electron chi connectivity index (χ0n) is 12.6. The van der Waals surface area contributed by atoms with Crippen LogP contribution < -0.4 is 10.2 Å². The molecule has 0 unspecified atom stereocenters. The van der Waals surface area contributed by atoms with Crippen molar-refractivity contribution in [2.45, 2.75) is 27.7 Å². The summed E-state index contributed by atoms with van der Waals surface area (Å²) in [5, 5.41) is 3.18. The van der Waals surface area contributed by atoms with Crippen molar-refractivity contribution in [3.8, 4) is 0 Å². The molecule has 106 valence electrons. The van der Waals surface area contributed by atoms with Gasteiger partial charge in [-0.05, 0) is 39.8 Å². The summed E-state index contributed by atoms with van der Waals surface area (Å²) in [6, 6.07) is 10.5. The highest BCUT2D eigenvalue weighted by Crippen LogP contribution is 2.24. The standard InChI is InChI=1S/C16H22N4/c1-5-17-16-18-13(4)11-15(19-16)20(6-2)14-9-7-12(3)8-10-14/h7-11H,5-6H2,1-4H3,(H,17,18,19). The second-order valence-corrected chi connectivity index (χ2v) is 4.80. The zero-order valence-corrected chi connectivity index (χ0v) is 12.6. The van der Waals surface area contributed by atoms with Crippen molar-refractivity contribution in [1.29, 1.82) is 0 Å². The van der Waals surface area contributed by atoms with E-state index in [0.717, 1.165) is 30.3 Å². The minimum absolute atomic E-state index is 0.688. The van der Waals surface area contributed by atoms with E-state index in [0.29, 0.717) is 5.95 Å². The Hall–Kier alpha value is -2.10. The SMILES string of the molecule is CCNc1nc(C)cc(N(CC)c2ccc(C)cc2)n1. The quantitative estimate of drug-likeness (QED) is 0.899. The fourth-order valence-corrected chi connectivity index (χ4v) is 2.13. The Kier molecular flexibility index (Phi) is 4.56. The van der Waals surface area contributed by atoms with Crippen molar-refractivity contribution in [1.82, 2.24) is 9.97 Å². The highest BCUT2D eigenvalue weighted by molar-refractivity contribution is 5.61. The minimum atomic E-state index is 0.688. The zero-order chi connectivity index (χ0) is 14.5. The fraction of sp³-hybridized carbons (Fsp3) is 0.375. The summed E-state index contributed by atoms with van der Waals surface area (Å²) in [6.07, 6.45) is 0. The lowest BCUT2D eigenvalue weighted by Crippen LogP contribution is -2.18. The van der Waals surface area contributed by atoms with Gasteiger partial charge >= 0.3 is 0 Å². The van der Waals surface area contributed by atoms with E-state index in [1.165, 1.54) is 5.56 Å². The first-order chi connectivity index (χ1) is 9.63. The number of aromatic nitrogens is 2. The molecule has 1 heterocycles. The number of rotatable bonds is 5. The molecule has 0 saturated heterocycles. The number of benzene rings is 1. The van der Waals surface area contributed by atoms with Crippen LogP contribution in [0.1, 0.15) is 25.1 Å². The van der Waals surface area contributed by atoms with E-state index in [9.17, 15) is 0 Å². The van der Waals surface area contributed by atoms with Crippen LogP contribution in [0.5, 0.6) is 0 Å². The molecule has 4 nitrogen and oxygen atoms in total. The molecular formula is C16H22N4. The predicted molar refractivity (Wildman–Crippen MR) is 84.8 cm³/mol. The Morgan fingerprint density at radius 3 is 2.35 bits per heavy atom. The van der Waals surface area contributed by atoms with Crippen LogP contribution in [0.3, 0.4) is 0 Å². The molecular weight excluding hydrogens is 248 g/mol. The molecule has 0 amide bonds. The Morgan fingerprint density at radius 2 is 1.75 bits per heavy atom. The van der Waals surface area contributed by atoms with Gasteiger partial charge in [-0.1, -0.05) is 17.7 Å². The third-order valence-corrected chi connectivity index (χ3v) is 3.11. The van der Waals surface area contributed by atoms with Gasteiger partial charge in [-0.25, -0.2) is 4.98 Å². The van der Waals surface area contributed by atoms with E-state index in [2.05, 4.69) is 58.3 Å². The van der Waals surface area contributed by atoms with Gasteiger partial charge in [0.1, 0.15) is 5.82 Å². The normalized spacial score (nSPS) is 10.4. The van der Waals surface area contributed by atoms with E-state index in [4.69, 9.17) is 0 Å². The molecule has 2 aromatic rings. The number of hydrogen-bond donors (Lipinski definition) is 1. The van der Waals surface area contributed by atoms with Gasteiger partial charge < -0.3 is 10.2 Å². The van der Waals surface area contributed by atoms with E-state index in [1.807, 2.05) is 19.9 Å². The van der Waals surface area contributed by atoms with Crippen LogP contribution >= 0.6 is 0 Å². The van der Waals surface area contributed by atoms with Gasteiger partial charge in [-0.15, -0.1) is 0 Å². The molecule has 1 N–H and O–H groups in total. The van der Waals surface area contributed by atoms with Gasteiger partial charge in [0.25, 0.3) is 0 Å². The number of aryl methyl sites for hydroxylation is 2. The van der Waals surface area contributed by atoms with Crippen molar-refractivity contribution in [2.24, 2.45) is 0 Å². The summed E-state index contributed by atoms with van der Waals surface area (Å²) in [5.41, 5.74) is 3.38. The summed E-state index contributed by atoms with van der Waals surface area (Å²) < 4.78 is 0. The molecule has 2 rings (SSSR count). The van der Waals surface area contributed by atoms with Gasteiger partial charge in [0.2, 0.25) is 5.95 Å². The number of nitrogens with zero attached hydrogens (tertiary/aromatic N) is 3. The van der Waals surface area contributed by atoms with Crippen LogP contribution in [-0.2, 0) is 0 Å². The maximum absolute atomic E-state index is 4.60. The molecule has 4 heteroatoms.